The zero-order valence-corrected chi connectivity index (χ0v) is 19.5. The molecule has 34 heavy (non-hydrogen) atoms. The Morgan fingerprint density at radius 3 is 2.32 bits per heavy atom. The number of carbonyl (C=O) groups is 4. The van der Waals surface area contributed by atoms with Gasteiger partial charge in [0.1, 0.15) is 6.04 Å². The summed E-state index contributed by atoms with van der Waals surface area (Å²) in [4.78, 5) is 52.8. The maximum atomic E-state index is 13.1. The number of nitrogens with zero attached hydrogens (tertiary/aromatic N) is 1. The Labute approximate surface area is 202 Å². The molecule has 1 saturated heterocycles. The fraction of sp³-hybridized carbons (Fsp3) is 0.308. The molecular weight excluding hydrogens is 456 g/mol. The van der Waals surface area contributed by atoms with Crippen LogP contribution >= 0.6 is 11.6 Å². The fourth-order valence-corrected chi connectivity index (χ4v) is 4.59. The van der Waals surface area contributed by atoms with Crippen LogP contribution in [0.25, 0.3) is 0 Å². The summed E-state index contributed by atoms with van der Waals surface area (Å²) in [5.41, 5.74) is 1.98. The number of nitrogens with one attached hydrogen (secondary N) is 1. The smallest absolute Gasteiger partial charge is 0.330 e. The Hall–Kier alpha value is -3.45. The molecule has 1 aliphatic heterocycles. The lowest BCUT2D eigenvalue weighted by Gasteiger charge is -2.25. The van der Waals surface area contributed by atoms with Crippen molar-refractivity contribution in [1.82, 2.24) is 4.90 Å². The third-order valence-electron chi connectivity index (χ3n) is 6.28. The predicted octanol–water partition coefficient (Wildman–Crippen LogP) is 3.69. The van der Waals surface area contributed by atoms with Crippen LogP contribution in [0.4, 0.5) is 5.69 Å². The summed E-state index contributed by atoms with van der Waals surface area (Å²) >= 11 is 6.08. The molecule has 1 aliphatic carbocycles. The Bertz CT molecular complexity index is 1120. The van der Waals surface area contributed by atoms with Crippen LogP contribution in [0, 0.1) is 18.8 Å². The predicted molar refractivity (Wildman–Crippen MR) is 127 cm³/mol. The van der Waals surface area contributed by atoms with Gasteiger partial charge in [-0.15, -0.1) is 0 Å². The number of imide groups is 1. The van der Waals surface area contributed by atoms with Crippen LogP contribution in [-0.4, -0.2) is 41.2 Å². The highest BCUT2D eigenvalue weighted by Crippen LogP contribution is 2.36. The average molecular weight is 481 g/mol. The van der Waals surface area contributed by atoms with Gasteiger partial charge in [-0.1, -0.05) is 60.2 Å². The van der Waals surface area contributed by atoms with E-state index in [9.17, 15) is 19.2 Å². The summed E-state index contributed by atoms with van der Waals surface area (Å²) in [6, 6.07) is 13.0. The van der Waals surface area contributed by atoms with E-state index >= 15 is 0 Å². The molecule has 3 amide bonds. The molecule has 2 aromatic carbocycles. The third kappa shape index (κ3) is 4.89. The van der Waals surface area contributed by atoms with Crippen molar-refractivity contribution in [3.63, 3.8) is 0 Å². The first-order chi connectivity index (χ1) is 16.4. The number of carbonyl (C=O) groups excluding carboxylic acids is 4. The van der Waals surface area contributed by atoms with E-state index in [1.807, 2.05) is 42.5 Å². The highest BCUT2D eigenvalue weighted by molar-refractivity contribution is 6.31. The number of hydrogen-bond acceptors (Lipinski definition) is 5. The van der Waals surface area contributed by atoms with Crippen molar-refractivity contribution >= 4 is 41.0 Å². The minimum Gasteiger partial charge on any atom is -0.454 e. The minimum atomic E-state index is -1.14. The summed E-state index contributed by atoms with van der Waals surface area (Å²) in [5.74, 6) is -2.99. The molecule has 8 heteroatoms. The normalized spacial score (nSPS) is 20.1. The standard InChI is InChI=1S/C26H25ClN2O5/c1-16-20(27)12-7-13-21(16)28-23(30)15-34-26(33)22(14-17-8-3-2-4-9-17)29-24(31)18-10-5-6-11-19(18)25(29)32/h2-9,12-13,18-19,22H,10-11,14-15H2,1H3,(H,28,30)/t18-,19+,22-/m1/s1. The van der Waals surface area contributed by atoms with E-state index in [1.165, 1.54) is 0 Å². The number of fused-ring (bicyclic) bond motifs is 1. The molecule has 1 heterocycles. The SMILES string of the molecule is Cc1c(Cl)cccc1NC(=O)COC(=O)[C@@H](Cc1ccccc1)N1C(=O)[C@H]2CC=CC[C@H]2C1=O. The van der Waals surface area contributed by atoms with Crippen molar-refractivity contribution in [2.75, 3.05) is 11.9 Å². The second-order valence-corrected chi connectivity index (χ2v) is 8.88. The molecule has 0 bridgehead atoms. The number of amides is 3. The Morgan fingerprint density at radius 2 is 1.68 bits per heavy atom. The van der Waals surface area contributed by atoms with Gasteiger partial charge in [0.15, 0.2) is 6.61 Å². The molecule has 1 fully saturated rings. The van der Waals surface area contributed by atoms with E-state index in [1.54, 1.807) is 25.1 Å². The zero-order chi connectivity index (χ0) is 24.2. The van der Waals surface area contributed by atoms with Gasteiger partial charge in [0.25, 0.3) is 5.91 Å². The summed E-state index contributed by atoms with van der Waals surface area (Å²) in [7, 11) is 0. The Balaban J connectivity index is 1.49. The van der Waals surface area contributed by atoms with Crippen LogP contribution in [0.15, 0.2) is 60.7 Å². The highest BCUT2D eigenvalue weighted by atomic mass is 35.5. The number of halogens is 1. The first-order valence-corrected chi connectivity index (χ1v) is 11.5. The number of rotatable bonds is 7. The van der Waals surface area contributed by atoms with Crippen molar-refractivity contribution in [3.8, 4) is 0 Å². The molecule has 3 atom stereocenters. The van der Waals surface area contributed by atoms with Gasteiger partial charge < -0.3 is 10.1 Å². The van der Waals surface area contributed by atoms with Crippen LogP contribution in [0.3, 0.4) is 0 Å². The van der Waals surface area contributed by atoms with E-state index in [0.717, 1.165) is 10.5 Å². The van der Waals surface area contributed by atoms with Gasteiger partial charge in [-0.2, -0.15) is 0 Å². The maximum absolute atomic E-state index is 13.1. The molecule has 1 N–H and O–H groups in total. The van der Waals surface area contributed by atoms with Gasteiger partial charge in [0.05, 0.1) is 11.8 Å². The lowest BCUT2D eigenvalue weighted by Crippen LogP contribution is -2.48. The molecule has 176 valence electrons. The van der Waals surface area contributed by atoms with E-state index in [0.29, 0.717) is 29.1 Å². The van der Waals surface area contributed by atoms with Crippen LogP contribution in [0.5, 0.6) is 0 Å². The molecule has 0 radical (unpaired) electrons. The van der Waals surface area contributed by atoms with Crippen molar-refractivity contribution in [1.29, 1.82) is 0 Å². The molecular formula is C26H25ClN2O5. The second-order valence-electron chi connectivity index (χ2n) is 8.48. The number of ether oxygens (including phenoxy) is 1. The fourth-order valence-electron chi connectivity index (χ4n) is 4.41. The largest absolute Gasteiger partial charge is 0.454 e. The van der Waals surface area contributed by atoms with E-state index < -0.39 is 36.4 Å². The summed E-state index contributed by atoms with van der Waals surface area (Å²) < 4.78 is 5.30. The van der Waals surface area contributed by atoms with Crippen LogP contribution in [-0.2, 0) is 30.3 Å². The number of likely N-dealkylation sites (tertiary alicyclic amines) is 1. The van der Waals surface area contributed by atoms with Gasteiger partial charge in [0.2, 0.25) is 11.8 Å². The zero-order valence-electron chi connectivity index (χ0n) is 18.7. The monoisotopic (exact) mass is 480 g/mol. The van der Waals surface area contributed by atoms with Gasteiger partial charge in [-0.3, -0.25) is 19.3 Å². The van der Waals surface area contributed by atoms with E-state index in [4.69, 9.17) is 16.3 Å². The second kappa shape index (κ2) is 10.2. The Morgan fingerprint density at radius 1 is 1.03 bits per heavy atom. The summed E-state index contributed by atoms with van der Waals surface area (Å²) in [5, 5.41) is 3.17. The van der Waals surface area contributed by atoms with Gasteiger partial charge in [-0.25, -0.2) is 4.79 Å². The van der Waals surface area contributed by atoms with Crippen molar-refractivity contribution in [2.24, 2.45) is 11.8 Å². The van der Waals surface area contributed by atoms with Gasteiger partial charge >= 0.3 is 5.97 Å². The van der Waals surface area contributed by atoms with Crippen molar-refractivity contribution < 1.29 is 23.9 Å². The lowest BCUT2D eigenvalue weighted by molar-refractivity contribution is -0.159. The quantitative estimate of drug-likeness (QED) is 0.370. The molecule has 0 aromatic heterocycles. The molecule has 0 spiro atoms. The van der Waals surface area contributed by atoms with Crippen LogP contribution < -0.4 is 5.32 Å². The number of anilines is 1. The van der Waals surface area contributed by atoms with Crippen molar-refractivity contribution in [3.05, 3.63) is 76.8 Å². The number of allylic oxidation sites excluding steroid dienone is 2. The highest BCUT2D eigenvalue weighted by Gasteiger charge is 2.51. The Kier molecular flexibility index (Phi) is 7.12. The maximum Gasteiger partial charge on any atom is 0.330 e. The van der Waals surface area contributed by atoms with E-state index in [2.05, 4.69) is 5.32 Å². The van der Waals surface area contributed by atoms with Crippen LogP contribution in [0.2, 0.25) is 5.02 Å². The minimum absolute atomic E-state index is 0.110. The first-order valence-electron chi connectivity index (χ1n) is 11.1. The molecule has 7 nitrogen and oxygen atoms in total. The molecule has 2 aliphatic rings. The number of esters is 1. The summed E-state index contributed by atoms with van der Waals surface area (Å²) in [6.45, 7) is 1.21. The number of benzene rings is 2. The molecule has 0 saturated carbocycles. The van der Waals surface area contributed by atoms with Crippen LogP contribution in [0.1, 0.15) is 24.0 Å². The molecule has 2 aromatic rings. The molecule has 0 unspecified atom stereocenters. The van der Waals surface area contributed by atoms with Crippen molar-refractivity contribution in [2.45, 2.75) is 32.2 Å². The van der Waals surface area contributed by atoms with E-state index in [-0.39, 0.29) is 18.2 Å². The van der Waals surface area contributed by atoms with Gasteiger partial charge in [-0.05, 0) is 43.0 Å². The first kappa shape index (κ1) is 23.7. The number of hydrogen-bond donors (Lipinski definition) is 1. The van der Waals surface area contributed by atoms with Gasteiger partial charge in [0, 0.05) is 17.1 Å². The molecule has 4 rings (SSSR count). The average Bonchev–Trinajstić information content (AvgIpc) is 3.09. The topological polar surface area (TPSA) is 92.8 Å². The third-order valence-corrected chi connectivity index (χ3v) is 6.69. The lowest BCUT2D eigenvalue weighted by atomic mass is 9.85. The summed E-state index contributed by atoms with van der Waals surface area (Å²) in [6.07, 6.45) is 4.84.